The van der Waals surface area contributed by atoms with Crippen LogP contribution in [0.4, 0.5) is 20.2 Å². The van der Waals surface area contributed by atoms with E-state index in [0.29, 0.717) is 5.06 Å². The molecular formula is C15H19N3O7. The highest BCUT2D eigenvalue weighted by Gasteiger charge is 2.34. The molecule has 1 rings (SSSR count). The Morgan fingerprint density at radius 3 is 2.24 bits per heavy atom. The molecule has 0 aliphatic heterocycles. The highest BCUT2D eigenvalue weighted by molar-refractivity contribution is 6.06. The van der Waals surface area contributed by atoms with E-state index in [0.717, 1.165) is 0 Å². The van der Waals surface area contributed by atoms with E-state index in [2.05, 4.69) is 4.98 Å². The van der Waals surface area contributed by atoms with Crippen molar-refractivity contribution in [3.63, 3.8) is 0 Å². The number of rotatable bonds is 2. The van der Waals surface area contributed by atoms with Crippen molar-refractivity contribution in [2.24, 2.45) is 0 Å². The average molecular weight is 353 g/mol. The number of amides is 4. The van der Waals surface area contributed by atoms with E-state index >= 15 is 0 Å². The fourth-order valence-corrected chi connectivity index (χ4v) is 1.52. The van der Waals surface area contributed by atoms with Gasteiger partial charge < -0.3 is 14.7 Å². The van der Waals surface area contributed by atoms with Crippen molar-refractivity contribution in [2.75, 3.05) is 5.06 Å². The Balaban J connectivity index is 3.12. The maximum absolute atomic E-state index is 12.3. The first-order valence-electron chi connectivity index (χ1n) is 7.28. The molecule has 25 heavy (non-hydrogen) atoms. The molecule has 4 amide bonds. The summed E-state index contributed by atoms with van der Waals surface area (Å²) < 4.78 is 5.10. The lowest BCUT2D eigenvalue weighted by Crippen LogP contribution is -2.46. The van der Waals surface area contributed by atoms with Crippen LogP contribution in [0.25, 0.3) is 0 Å². The number of ether oxygens (including phenoxy) is 1. The van der Waals surface area contributed by atoms with Crippen molar-refractivity contribution in [3.8, 4) is 0 Å². The summed E-state index contributed by atoms with van der Waals surface area (Å²) in [5, 5.41) is 9.39. The molecule has 0 saturated carbocycles. The second-order valence-corrected chi connectivity index (χ2v) is 5.69. The first kappa shape index (κ1) is 19.9. The Bertz CT molecular complexity index is 655. The van der Waals surface area contributed by atoms with Crippen LogP contribution in [0.1, 0.15) is 34.1 Å². The van der Waals surface area contributed by atoms with Crippen LogP contribution in [-0.4, -0.2) is 44.8 Å². The van der Waals surface area contributed by atoms with E-state index in [4.69, 9.17) is 14.7 Å². The minimum atomic E-state index is -1.83. The van der Waals surface area contributed by atoms with Gasteiger partial charge in [-0.05, 0) is 32.9 Å². The van der Waals surface area contributed by atoms with Crippen LogP contribution >= 0.6 is 0 Å². The molecule has 0 aliphatic carbocycles. The molecular weight excluding hydrogens is 334 g/mol. The van der Waals surface area contributed by atoms with E-state index in [1.54, 1.807) is 26.8 Å². The largest absolute Gasteiger partial charge is 0.464 e. The molecule has 0 radical (unpaired) electrons. The molecule has 0 unspecified atom stereocenters. The topological polar surface area (TPSA) is 126 Å². The van der Waals surface area contributed by atoms with Crippen LogP contribution in [0.5, 0.6) is 0 Å². The molecule has 0 aliphatic rings. The molecule has 10 nitrogen and oxygen atoms in total. The molecule has 1 aromatic rings. The average Bonchev–Trinajstić information content (AvgIpc) is 2.51. The number of imide groups is 3. The maximum Gasteiger partial charge on any atom is 0.451 e. The van der Waals surface area contributed by atoms with E-state index in [1.165, 1.54) is 25.3 Å². The number of carboxylic acid groups (broad SMARTS) is 1. The number of carbonyl (C=O) groups excluding carboxylic acids is 3. The molecule has 10 heteroatoms. The number of hydrogen-bond acceptors (Lipinski definition) is 7. The van der Waals surface area contributed by atoms with Gasteiger partial charge in [0.25, 0.3) is 0 Å². The number of carbonyl (C=O) groups is 4. The number of aromatic nitrogens is 1. The summed E-state index contributed by atoms with van der Waals surface area (Å²) in [6.07, 6.45) is -3.43. The standard InChI is InChI=1S/C15H19N3O7/c1-5-11(19)17(12(20)21)13(22)25-18(10-8-6-7-9-16-10)14(23)24-15(2,3)4/h6-9H,5H2,1-4H3,(H,20,21). The number of hydrogen-bond donors (Lipinski definition) is 1. The van der Waals surface area contributed by atoms with Gasteiger partial charge in [-0.15, -0.1) is 4.90 Å². The van der Waals surface area contributed by atoms with E-state index in [-0.39, 0.29) is 17.1 Å². The van der Waals surface area contributed by atoms with Gasteiger partial charge in [-0.2, -0.15) is 0 Å². The number of pyridine rings is 1. The van der Waals surface area contributed by atoms with Gasteiger partial charge >= 0.3 is 18.3 Å². The summed E-state index contributed by atoms with van der Waals surface area (Å²) >= 11 is 0. The number of anilines is 1. The smallest absolute Gasteiger partial charge is 0.451 e. The third kappa shape index (κ3) is 5.75. The summed E-state index contributed by atoms with van der Waals surface area (Å²) in [6.45, 7) is 6.14. The quantitative estimate of drug-likeness (QED) is 0.804. The highest BCUT2D eigenvalue weighted by atomic mass is 16.8. The lowest BCUT2D eigenvalue weighted by atomic mass is 10.2. The second-order valence-electron chi connectivity index (χ2n) is 5.69. The minimum Gasteiger partial charge on any atom is -0.464 e. The Morgan fingerprint density at radius 1 is 1.16 bits per heavy atom. The van der Waals surface area contributed by atoms with Gasteiger partial charge in [0.15, 0.2) is 5.82 Å². The zero-order valence-corrected chi connectivity index (χ0v) is 14.3. The molecule has 0 aromatic carbocycles. The molecule has 0 spiro atoms. The highest BCUT2D eigenvalue weighted by Crippen LogP contribution is 2.17. The first-order chi connectivity index (χ1) is 11.6. The molecule has 1 aromatic heterocycles. The second kappa shape index (κ2) is 8.08. The lowest BCUT2D eigenvalue weighted by molar-refractivity contribution is -0.127. The van der Waals surface area contributed by atoms with Crippen molar-refractivity contribution in [1.29, 1.82) is 0 Å². The Kier molecular flexibility index (Phi) is 6.43. The van der Waals surface area contributed by atoms with Crippen LogP contribution < -0.4 is 5.06 Å². The summed E-state index contributed by atoms with van der Waals surface area (Å²) in [5.74, 6) is -1.14. The summed E-state index contributed by atoms with van der Waals surface area (Å²) in [5.41, 5.74) is -0.914. The van der Waals surface area contributed by atoms with Crippen molar-refractivity contribution in [1.82, 2.24) is 9.88 Å². The van der Waals surface area contributed by atoms with E-state index in [1.807, 2.05) is 0 Å². The molecule has 136 valence electrons. The molecule has 0 bridgehead atoms. The number of hydroxylamine groups is 1. The zero-order chi connectivity index (χ0) is 19.2. The summed E-state index contributed by atoms with van der Waals surface area (Å²) in [4.78, 5) is 55.5. The third-order valence-electron chi connectivity index (χ3n) is 2.51. The fraction of sp³-hybridized carbons (Fsp3) is 0.400. The van der Waals surface area contributed by atoms with Crippen LogP contribution in [0, 0.1) is 0 Å². The van der Waals surface area contributed by atoms with Gasteiger partial charge in [0, 0.05) is 12.6 Å². The minimum absolute atomic E-state index is 0.126. The molecule has 0 saturated heterocycles. The predicted octanol–water partition coefficient (Wildman–Crippen LogP) is 2.79. The van der Waals surface area contributed by atoms with Gasteiger partial charge in [-0.3, -0.25) is 4.79 Å². The predicted molar refractivity (Wildman–Crippen MR) is 84.6 cm³/mol. The van der Waals surface area contributed by atoms with E-state index in [9.17, 15) is 19.2 Å². The SMILES string of the molecule is CCC(=O)N(C(=O)O)C(=O)ON(C(=O)OC(C)(C)C)c1ccccn1. The van der Waals surface area contributed by atoms with Crippen LogP contribution in [0.15, 0.2) is 24.4 Å². The van der Waals surface area contributed by atoms with Crippen LogP contribution in [-0.2, 0) is 14.4 Å². The summed E-state index contributed by atoms with van der Waals surface area (Å²) in [7, 11) is 0. The van der Waals surface area contributed by atoms with Gasteiger partial charge in [0.2, 0.25) is 5.91 Å². The van der Waals surface area contributed by atoms with Gasteiger partial charge in [0.05, 0.1) is 0 Å². The molecule has 0 fully saturated rings. The Labute approximate surface area is 143 Å². The zero-order valence-electron chi connectivity index (χ0n) is 14.3. The third-order valence-corrected chi connectivity index (χ3v) is 2.51. The van der Waals surface area contributed by atoms with Crippen LogP contribution in [0.2, 0.25) is 0 Å². The molecule has 0 atom stereocenters. The van der Waals surface area contributed by atoms with Gasteiger partial charge in [0.1, 0.15) is 5.60 Å². The normalized spacial score (nSPS) is 10.6. The number of nitrogens with zero attached hydrogens (tertiary/aromatic N) is 3. The van der Waals surface area contributed by atoms with Crippen LogP contribution in [0.3, 0.4) is 0 Å². The Morgan fingerprint density at radius 2 is 1.80 bits per heavy atom. The van der Waals surface area contributed by atoms with Crippen molar-refractivity contribution >= 4 is 30.0 Å². The van der Waals surface area contributed by atoms with E-state index < -0.39 is 29.8 Å². The molecule has 1 N–H and O–H groups in total. The van der Waals surface area contributed by atoms with Crippen molar-refractivity contribution < 1.29 is 33.9 Å². The maximum atomic E-state index is 12.3. The van der Waals surface area contributed by atoms with Crippen molar-refractivity contribution in [2.45, 2.75) is 39.7 Å². The van der Waals surface area contributed by atoms with Gasteiger partial charge in [-0.25, -0.2) is 19.4 Å². The fourth-order valence-electron chi connectivity index (χ4n) is 1.52. The van der Waals surface area contributed by atoms with Gasteiger partial charge in [-0.1, -0.05) is 18.1 Å². The first-order valence-corrected chi connectivity index (χ1v) is 7.28. The van der Waals surface area contributed by atoms with Crippen molar-refractivity contribution in [3.05, 3.63) is 24.4 Å². The monoisotopic (exact) mass is 353 g/mol. The molecule has 1 heterocycles. The summed E-state index contributed by atoms with van der Waals surface area (Å²) in [6, 6.07) is 4.41. The Hall–Kier alpha value is -3.17. The lowest BCUT2D eigenvalue weighted by Gasteiger charge is -2.26.